The lowest BCUT2D eigenvalue weighted by Crippen LogP contribution is -2.21. The van der Waals surface area contributed by atoms with Crippen LogP contribution < -0.4 is 10.2 Å². The molecule has 4 heteroatoms. The van der Waals surface area contributed by atoms with Crippen LogP contribution >= 0.6 is 0 Å². The van der Waals surface area contributed by atoms with Crippen LogP contribution in [0.3, 0.4) is 0 Å². The van der Waals surface area contributed by atoms with Crippen LogP contribution in [0.25, 0.3) is 0 Å². The van der Waals surface area contributed by atoms with Crippen LogP contribution in [0.5, 0.6) is 0 Å². The van der Waals surface area contributed by atoms with Crippen molar-refractivity contribution < 1.29 is 0 Å². The summed E-state index contributed by atoms with van der Waals surface area (Å²) >= 11 is 0. The van der Waals surface area contributed by atoms with Crippen molar-refractivity contribution >= 4 is 17.5 Å². The van der Waals surface area contributed by atoms with Gasteiger partial charge in [0.25, 0.3) is 0 Å². The Morgan fingerprint density at radius 1 is 1.00 bits per heavy atom. The van der Waals surface area contributed by atoms with Crippen LogP contribution in [-0.2, 0) is 0 Å². The number of nitrogens with zero attached hydrogens (tertiary/aromatic N) is 3. The monoisotopic (exact) mass is 282 g/mol. The lowest BCUT2D eigenvalue weighted by atomic mass is 10.1. The summed E-state index contributed by atoms with van der Waals surface area (Å²) in [5, 5.41) is 3.44. The van der Waals surface area contributed by atoms with Gasteiger partial charge in [0, 0.05) is 30.5 Å². The molecule has 1 aromatic carbocycles. The fourth-order valence-corrected chi connectivity index (χ4v) is 2.68. The minimum atomic E-state index is 0.848. The Morgan fingerprint density at radius 3 is 2.52 bits per heavy atom. The standard InChI is InChI=1S/C17H22N4/c1-12-6-7-13(2)15(10-12)19-16-11-14(3)18-17(20-16)21-8-4-5-9-21/h6-7,10-11H,4-5,8-9H2,1-3H3,(H,18,19,20). The van der Waals surface area contributed by atoms with Gasteiger partial charge in [-0.25, -0.2) is 4.98 Å². The zero-order valence-corrected chi connectivity index (χ0v) is 13.0. The van der Waals surface area contributed by atoms with Gasteiger partial charge in [-0.1, -0.05) is 12.1 Å². The molecule has 0 amide bonds. The summed E-state index contributed by atoms with van der Waals surface area (Å²) in [6.45, 7) is 8.36. The molecule has 1 aromatic heterocycles. The van der Waals surface area contributed by atoms with Gasteiger partial charge in [-0.3, -0.25) is 0 Å². The molecular weight excluding hydrogens is 260 g/mol. The van der Waals surface area contributed by atoms with E-state index >= 15 is 0 Å². The fourth-order valence-electron chi connectivity index (χ4n) is 2.68. The quantitative estimate of drug-likeness (QED) is 0.931. The Morgan fingerprint density at radius 2 is 1.76 bits per heavy atom. The molecule has 0 bridgehead atoms. The minimum Gasteiger partial charge on any atom is -0.341 e. The van der Waals surface area contributed by atoms with E-state index in [0.29, 0.717) is 0 Å². The number of nitrogens with one attached hydrogen (secondary N) is 1. The van der Waals surface area contributed by atoms with Gasteiger partial charge in [0.1, 0.15) is 5.82 Å². The molecule has 1 aliphatic rings. The average molecular weight is 282 g/mol. The second-order valence-electron chi connectivity index (χ2n) is 5.83. The first-order valence-electron chi connectivity index (χ1n) is 7.57. The summed E-state index contributed by atoms with van der Waals surface area (Å²) in [5.41, 5.74) is 4.58. The van der Waals surface area contributed by atoms with Crippen molar-refractivity contribution in [2.24, 2.45) is 0 Å². The molecular formula is C17H22N4. The molecule has 0 saturated carbocycles. The molecule has 0 spiro atoms. The molecule has 0 aliphatic carbocycles. The van der Waals surface area contributed by atoms with Gasteiger partial charge in [0.05, 0.1) is 0 Å². The van der Waals surface area contributed by atoms with Crippen molar-refractivity contribution in [3.63, 3.8) is 0 Å². The summed E-state index contributed by atoms with van der Waals surface area (Å²) in [6, 6.07) is 8.41. The Balaban J connectivity index is 1.89. The van der Waals surface area contributed by atoms with Crippen molar-refractivity contribution in [3.8, 4) is 0 Å². The van der Waals surface area contributed by atoms with E-state index in [-0.39, 0.29) is 0 Å². The number of hydrogen-bond acceptors (Lipinski definition) is 4. The summed E-state index contributed by atoms with van der Waals surface area (Å²) in [6.07, 6.45) is 2.47. The summed E-state index contributed by atoms with van der Waals surface area (Å²) in [7, 11) is 0. The minimum absolute atomic E-state index is 0.848. The van der Waals surface area contributed by atoms with Gasteiger partial charge in [-0.15, -0.1) is 0 Å². The molecule has 0 unspecified atom stereocenters. The highest BCUT2D eigenvalue weighted by Crippen LogP contribution is 2.23. The highest BCUT2D eigenvalue weighted by atomic mass is 15.3. The third-order valence-electron chi connectivity index (χ3n) is 3.89. The highest BCUT2D eigenvalue weighted by Gasteiger charge is 2.16. The van der Waals surface area contributed by atoms with Crippen molar-refractivity contribution in [2.45, 2.75) is 33.6 Å². The molecule has 4 nitrogen and oxygen atoms in total. The molecule has 110 valence electrons. The van der Waals surface area contributed by atoms with Gasteiger partial charge < -0.3 is 10.2 Å². The van der Waals surface area contributed by atoms with Crippen LogP contribution in [0.2, 0.25) is 0 Å². The van der Waals surface area contributed by atoms with Crippen LogP contribution in [0, 0.1) is 20.8 Å². The van der Waals surface area contributed by atoms with E-state index in [9.17, 15) is 0 Å². The first-order chi connectivity index (χ1) is 10.1. The largest absolute Gasteiger partial charge is 0.341 e. The average Bonchev–Trinajstić information content (AvgIpc) is 2.96. The Bertz CT molecular complexity index is 645. The molecule has 21 heavy (non-hydrogen) atoms. The molecule has 2 aromatic rings. The van der Waals surface area contributed by atoms with Gasteiger partial charge in [0.2, 0.25) is 5.95 Å². The second kappa shape index (κ2) is 5.72. The molecule has 1 aliphatic heterocycles. The van der Waals surface area contributed by atoms with Crippen molar-refractivity contribution in [3.05, 3.63) is 41.1 Å². The van der Waals surface area contributed by atoms with E-state index in [1.54, 1.807) is 0 Å². The van der Waals surface area contributed by atoms with E-state index in [1.807, 2.05) is 13.0 Å². The van der Waals surface area contributed by atoms with E-state index in [0.717, 1.165) is 36.2 Å². The van der Waals surface area contributed by atoms with Gasteiger partial charge >= 0.3 is 0 Å². The zero-order chi connectivity index (χ0) is 14.8. The molecule has 1 saturated heterocycles. The summed E-state index contributed by atoms with van der Waals surface area (Å²) in [4.78, 5) is 11.5. The lowest BCUT2D eigenvalue weighted by Gasteiger charge is -2.17. The predicted octanol–water partition coefficient (Wildman–Crippen LogP) is 3.75. The maximum atomic E-state index is 4.69. The first kappa shape index (κ1) is 13.9. The molecule has 2 heterocycles. The Hall–Kier alpha value is -2.10. The molecule has 1 N–H and O–H groups in total. The van der Waals surface area contributed by atoms with Crippen LogP contribution in [0.15, 0.2) is 24.3 Å². The van der Waals surface area contributed by atoms with Gasteiger partial charge in [-0.05, 0) is 50.8 Å². The third kappa shape index (κ3) is 3.15. The van der Waals surface area contributed by atoms with Crippen LogP contribution in [0.4, 0.5) is 17.5 Å². The fraction of sp³-hybridized carbons (Fsp3) is 0.412. The van der Waals surface area contributed by atoms with Crippen molar-refractivity contribution in [2.75, 3.05) is 23.3 Å². The molecule has 0 radical (unpaired) electrons. The second-order valence-corrected chi connectivity index (χ2v) is 5.83. The van der Waals surface area contributed by atoms with E-state index < -0.39 is 0 Å². The maximum absolute atomic E-state index is 4.69. The lowest BCUT2D eigenvalue weighted by molar-refractivity contribution is 0.891. The third-order valence-corrected chi connectivity index (χ3v) is 3.89. The maximum Gasteiger partial charge on any atom is 0.227 e. The molecule has 1 fully saturated rings. The first-order valence-corrected chi connectivity index (χ1v) is 7.57. The van der Waals surface area contributed by atoms with E-state index in [2.05, 4.69) is 52.2 Å². The van der Waals surface area contributed by atoms with Crippen molar-refractivity contribution in [1.82, 2.24) is 9.97 Å². The number of aromatic nitrogens is 2. The van der Waals surface area contributed by atoms with Crippen LogP contribution in [-0.4, -0.2) is 23.1 Å². The van der Waals surface area contributed by atoms with Gasteiger partial charge in [-0.2, -0.15) is 4.98 Å². The van der Waals surface area contributed by atoms with Gasteiger partial charge in [0.15, 0.2) is 0 Å². The smallest absolute Gasteiger partial charge is 0.227 e. The molecule has 0 atom stereocenters. The van der Waals surface area contributed by atoms with E-state index in [1.165, 1.54) is 24.0 Å². The number of anilines is 3. The number of rotatable bonds is 3. The summed E-state index contributed by atoms with van der Waals surface area (Å²) < 4.78 is 0. The normalized spacial score (nSPS) is 14.5. The number of aryl methyl sites for hydroxylation is 3. The van der Waals surface area contributed by atoms with Crippen LogP contribution in [0.1, 0.15) is 29.7 Å². The number of benzene rings is 1. The number of hydrogen-bond donors (Lipinski definition) is 1. The SMILES string of the molecule is Cc1ccc(C)c(Nc2cc(C)nc(N3CCCC3)n2)c1. The summed E-state index contributed by atoms with van der Waals surface area (Å²) in [5.74, 6) is 1.72. The van der Waals surface area contributed by atoms with Crippen molar-refractivity contribution in [1.29, 1.82) is 0 Å². The molecule has 3 rings (SSSR count). The Labute approximate surface area is 126 Å². The zero-order valence-electron chi connectivity index (χ0n) is 13.0. The van der Waals surface area contributed by atoms with E-state index in [4.69, 9.17) is 0 Å². The Kier molecular flexibility index (Phi) is 3.78. The topological polar surface area (TPSA) is 41.1 Å². The predicted molar refractivity (Wildman–Crippen MR) is 87.4 cm³/mol. The highest BCUT2D eigenvalue weighted by molar-refractivity contribution is 5.62.